The van der Waals surface area contributed by atoms with Gasteiger partial charge in [0.15, 0.2) is 0 Å². The van der Waals surface area contributed by atoms with E-state index in [1.54, 1.807) is 0 Å². The number of rotatable bonds is 5. The van der Waals surface area contributed by atoms with Crippen molar-refractivity contribution in [2.45, 2.75) is 31.3 Å². The summed E-state index contributed by atoms with van der Waals surface area (Å²) in [5.74, 6) is -0.921. The molecule has 1 unspecified atom stereocenters. The van der Waals surface area contributed by atoms with E-state index in [1.165, 1.54) is 0 Å². The van der Waals surface area contributed by atoms with Crippen molar-refractivity contribution in [1.82, 2.24) is 4.90 Å². The second-order valence-electron chi connectivity index (χ2n) is 4.06. The Balaban J connectivity index is 2.22. The molecule has 0 amide bonds. The highest BCUT2D eigenvalue weighted by molar-refractivity contribution is 5.72. The Morgan fingerprint density at radius 2 is 2.20 bits per heavy atom. The number of aliphatic carboxylic acids is 1. The second kappa shape index (κ2) is 6.05. The van der Waals surface area contributed by atoms with Gasteiger partial charge < -0.3 is 20.5 Å². The highest BCUT2D eigenvalue weighted by atomic mass is 16.5. The van der Waals surface area contributed by atoms with Crippen LogP contribution in [0.15, 0.2) is 0 Å². The topological polar surface area (TPSA) is 75.8 Å². The van der Waals surface area contributed by atoms with Crippen molar-refractivity contribution < 1.29 is 14.6 Å². The molecule has 0 radical (unpaired) electrons. The molecule has 5 nitrogen and oxygen atoms in total. The lowest BCUT2D eigenvalue weighted by Gasteiger charge is -2.31. The van der Waals surface area contributed by atoms with Gasteiger partial charge >= 0.3 is 5.97 Å². The Bertz CT molecular complexity index is 205. The molecule has 0 aromatic rings. The molecule has 15 heavy (non-hydrogen) atoms. The molecule has 0 spiro atoms. The smallest absolute Gasteiger partial charge is 0.320 e. The van der Waals surface area contributed by atoms with Gasteiger partial charge in [-0.2, -0.15) is 0 Å². The van der Waals surface area contributed by atoms with E-state index in [0.717, 1.165) is 32.6 Å². The quantitative estimate of drug-likeness (QED) is 0.671. The minimum Gasteiger partial charge on any atom is -0.480 e. The van der Waals surface area contributed by atoms with E-state index < -0.39 is 12.0 Å². The summed E-state index contributed by atoms with van der Waals surface area (Å²) in [5, 5.41) is 8.64. The molecule has 0 saturated carbocycles. The molecule has 1 heterocycles. The van der Waals surface area contributed by atoms with E-state index in [4.69, 9.17) is 15.6 Å². The molecule has 0 aromatic carbocycles. The van der Waals surface area contributed by atoms with Crippen molar-refractivity contribution in [3.05, 3.63) is 0 Å². The Morgan fingerprint density at radius 3 is 2.73 bits per heavy atom. The van der Waals surface area contributed by atoms with Gasteiger partial charge in [-0.15, -0.1) is 0 Å². The zero-order valence-electron chi connectivity index (χ0n) is 9.19. The first-order chi connectivity index (χ1) is 7.11. The number of nitrogens with zero attached hydrogens (tertiary/aromatic N) is 1. The fraction of sp³-hybridized carbons (Fsp3) is 0.900. The number of hydrogen-bond donors (Lipinski definition) is 2. The van der Waals surface area contributed by atoms with E-state index in [-0.39, 0.29) is 0 Å². The Labute approximate surface area is 90.2 Å². The van der Waals surface area contributed by atoms with E-state index in [1.807, 2.05) is 7.05 Å². The monoisotopic (exact) mass is 216 g/mol. The summed E-state index contributed by atoms with van der Waals surface area (Å²) in [7, 11) is 2.02. The van der Waals surface area contributed by atoms with Gasteiger partial charge in [-0.25, -0.2) is 0 Å². The molecule has 1 rings (SSSR count). The minimum atomic E-state index is -0.921. The summed E-state index contributed by atoms with van der Waals surface area (Å²) in [4.78, 5) is 12.7. The van der Waals surface area contributed by atoms with E-state index in [9.17, 15) is 4.79 Å². The van der Waals surface area contributed by atoms with Gasteiger partial charge in [0.25, 0.3) is 0 Å². The number of carboxylic acids is 1. The molecule has 1 fully saturated rings. The highest BCUT2D eigenvalue weighted by Gasteiger charge is 2.19. The first kappa shape index (κ1) is 12.4. The van der Waals surface area contributed by atoms with Crippen molar-refractivity contribution in [3.8, 4) is 0 Å². The van der Waals surface area contributed by atoms with Crippen LogP contribution in [0.5, 0.6) is 0 Å². The first-order valence-corrected chi connectivity index (χ1v) is 5.37. The molecule has 1 aliphatic heterocycles. The van der Waals surface area contributed by atoms with Gasteiger partial charge in [-0.05, 0) is 26.3 Å². The van der Waals surface area contributed by atoms with Crippen molar-refractivity contribution in [3.63, 3.8) is 0 Å². The van der Waals surface area contributed by atoms with Crippen LogP contribution in [0.3, 0.4) is 0 Å². The van der Waals surface area contributed by atoms with E-state index in [2.05, 4.69) is 4.90 Å². The van der Waals surface area contributed by atoms with Gasteiger partial charge in [0.05, 0.1) is 0 Å². The number of nitrogens with two attached hydrogens (primary N) is 1. The highest BCUT2D eigenvalue weighted by Crippen LogP contribution is 2.12. The number of carbonyl (C=O) groups is 1. The van der Waals surface area contributed by atoms with Crippen LogP contribution in [-0.4, -0.2) is 54.9 Å². The van der Waals surface area contributed by atoms with Crippen LogP contribution in [0.2, 0.25) is 0 Å². The molecule has 0 aromatic heterocycles. The lowest BCUT2D eigenvalue weighted by atomic mass is 10.1. The van der Waals surface area contributed by atoms with Crippen LogP contribution in [0.1, 0.15) is 19.3 Å². The Kier molecular flexibility index (Phi) is 5.01. The molecule has 1 aliphatic rings. The van der Waals surface area contributed by atoms with Crippen LogP contribution < -0.4 is 5.73 Å². The third-order valence-corrected chi connectivity index (χ3v) is 2.92. The summed E-state index contributed by atoms with van der Waals surface area (Å²) >= 11 is 0. The summed E-state index contributed by atoms with van der Waals surface area (Å²) in [6.45, 7) is 2.35. The third-order valence-electron chi connectivity index (χ3n) is 2.92. The van der Waals surface area contributed by atoms with E-state index in [0.29, 0.717) is 12.5 Å². The summed E-state index contributed by atoms with van der Waals surface area (Å²) in [6, 6.07) is -0.230. The Morgan fingerprint density at radius 1 is 1.60 bits per heavy atom. The normalized spacial score (nSPS) is 20.5. The predicted molar refractivity (Wildman–Crippen MR) is 56.7 cm³/mol. The van der Waals surface area contributed by atoms with Gasteiger partial charge in [0.1, 0.15) is 6.04 Å². The average molecular weight is 216 g/mol. The number of ether oxygens (including phenoxy) is 1. The van der Waals surface area contributed by atoms with Crippen LogP contribution in [0.4, 0.5) is 0 Å². The zero-order chi connectivity index (χ0) is 11.3. The van der Waals surface area contributed by atoms with Crippen molar-refractivity contribution in [2.24, 2.45) is 5.73 Å². The van der Waals surface area contributed by atoms with Crippen molar-refractivity contribution in [1.29, 1.82) is 0 Å². The lowest BCUT2D eigenvalue weighted by Crippen LogP contribution is -2.40. The summed E-state index contributed by atoms with van der Waals surface area (Å²) in [5.41, 5.74) is 5.44. The minimum absolute atomic E-state index is 0.503. The van der Waals surface area contributed by atoms with Crippen LogP contribution in [-0.2, 0) is 9.53 Å². The van der Waals surface area contributed by atoms with Crippen LogP contribution in [0, 0.1) is 0 Å². The van der Waals surface area contributed by atoms with Gasteiger partial charge in [-0.1, -0.05) is 0 Å². The van der Waals surface area contributed by atoms with Gasteiger partial charge in [0, 0.05) is 25.8 Å². The fourth-order valence-corrected chi connectivity index (χ4v) is 1.77. The molecule has 3 N–H and O–H groups in total. The molecular formula is C10H20N2O3. The fourth-order valence-electron chi connectivity index (χ4n) is 1.77. The molecule has 1 saturated heterocycles. The molecule has 5 heteroatoms. The van der Waals surface area contributed by atoms with Crippen molar-refractivity contribution >= 4 is 5.97 Å². The number of carboxylic acid groups (broad SMARTS) is 1. The Hall–Kier alpha value is -0.650. The maximum atomic E-state index is 10.5. The zero-order valence-corrected chi connectivity index (χ0v) is 9.19. The first-order valence-electron chi connectivity index (χ1n) is 5.37. The van der Waals surface area contributed by atoms with Crippen LogP contribution >= 0.6 is 0 Å². The van der Waals surface area contributed by atoms with E-state index >= 15 is 0 Å². The molecule has 0 bridgehead atoms. The predicted octanol–water partition coefficient (Wildman–Crippen LogP) is -0.101. The second-order valence-corrected chi connectivity index (χ2v) is 4.06. The van der Waals surface area contributed by atoms with Crippen LogP contribution in [0.25, 0.3) is 0 Å². The molecule has 1 atom stereocenters. The standard InChI is InChI=1S/C10H20N2O3/c1-12(5-2-9(11)10(13)14)8-3-6-15-7-4-8/h8-9H,2-7,11H2,1H3,(H,13,14). The summed E-state index contributed by atoms with van der Waals surface area (Å²) < 4.78 is 5.27. The maximum Gasteiger partial charge on any atom is 0.320 e. The average Bonchev–Trinajstić information content (AvgIpc) is 2.26. The SMILES string of the molecule is CN(CCC(N)C(=O)O)C1CCOCC1. The number of hydrogen-bond acceptors (Lipinski definition) is 4. The largest absolute Gasteiger partial charge is 0.480 e. The van der Waals surface area contributed by atoms with Gasteiger partial charge in [0.2, 0.25) is 0 Å². The maximum absolute atomic E-state index is 10.5. The molecule has 88 valence electrons. The molecular weight excluding hydrogens is 196 g/mol. The van der Waals surface area contributed by atoms with Gasteiger partial charge in [-0.3, -0.25) is 4.79 Å². The molecule has 0 aliphatic carbocycles. The van der Waals surface area contributed by atoms with Crippen molar-refractivity contribution in [2.75, 3.05) is 26.8 Å². The third kappa shape index (κ3) is 4.15. The summed E-state index contributed by atoms with van der Waals surface area (Å²) in [6.07, 6.45) is 2.56. The lowest BCUT2D eigenvalue weighted by molar-refractivity contribution is -0.138.